The molecule has 1 atom stereocenters. The molecule has 1 saturated heterocycles. The third kappa shape index (κ3) is 4.91. The second kappa shape index (κ2) is 9.45. The molecule has 1 aromatic heterocycles. The quantitative estimate of drug-likeness (QED) is 0.722. The summed E-state index contributed by atoms with van der Waals surface area (Å²) in [6.45, 7) is 3.47. The molecular formula is C24H32N4O2. The van der Waals surface area contributed by atoms with Crippen LogP contribution < -0.4 is 10.6 Å². The predicted octanol–water partition coefficient (Wildman–Crippen LogP) is 4.16. The SMILES string of the molecule is CCCc1cccc(-c2cc(NC(=O)[C@H]3CNC(=O)C3)nn2CC2CCCCC2)c1. The zero-order valence-corrected chi connectivity index (χ0v) is 17.8. The standard InChI is InChI=1S/C24H32N4O2/c1-2-7-17-10-6-11-19(12-17)21-14-22(26-24(30)20-13-23(29)25-15-20)27-28(21)16-18-8-4-3-5-9-18/h6,10-12,14,18,20H,2-5,7-9,13,15-16H2,1H3,(H,25,29)(H,26,27,30)/t20-/m1/s1. The van der Waals surface area contributed by atoms with Gasteiger partial charge in [0.05, 0.1) is 11.6 Å². The monoisotopic (exact) mass is 408 g/mol. The van der Waals surface area contributed by atoms with E-state index in [0.29, 0.717) is 18.3 Å². The van der Waals surface area contributed by atoms with E-state index in [1.807, 2.05) is 6.07 Å². The zero-order valence-electron chi connectivity index (χ0n) is 17.8. The number of carbonyl (C=O) groups is 2. The minimum Gasteiger partial charge on any atom is -0.355 e. The summed E-state index contributed by atoms with van der Waals surface area (Å²) in [6.07, 6.45) is 8.81. The van der Waals surface area contributed by atoms with Crippen molar-refractivity contribution >= 4 is 17.6 Å². The lowest BCUT2D eigenvalue weighted by molar-refractivity contribution is -0.123. The van der Waals surface area contributed by atoms with Crippen LogP contribution in [0.15, 0.2) is 30.3 Å². The second-order valence-electron chi connectivity index (χ2n) is 8.75. The van der Waals surface area contributed by atoms with Crippen LogP contribution in [-0.2, 0) is 22.6 Å². The van der Waals surface area contributed by atoms with Crippen molar-refractivity contribution in [1.29, 1.82) is 0 Å². The van der Waals surface area contributed by atoms with E-state index in [1.165, 1.54) is 37.7 Å². The van der Waals surface area contributed by atoms with Gasteiger partial charge < -0.3 is 10.6 Å². The van der Waals surface area contributed by atoms with Crippen LogP contribution in [0, 0.1) is 11.8 Å². The summed E-state index contributed by atoms with van der Waals surface area (Å²) in [5, 5.41) is 10.4. The lowest BCUT2D eigenvalue weighted by Crippen LogP contribution is -2.25. The Morgan fingerprint density at radius 2 is 2.07 bits per heavy atom. The molecule has 0 spiro atoms. The second-order valence-corrected chi connectivity index (χ2v) is 8.75. The van der Waals surface area contributed by atoms with Gasteiger partial charge in [0.25, 0.3) is 0 Å². The Labute approximate surface area is 178 Å². The molecule has 1 aliphatic heterocycles. The van der Waals surface area contributed by atoms with Crippen LogP contribution in [0.5, 0.6) is 0 Å². The van der Waals surface area contributed by atoms with Gasteiger partial charge in [0, 0.05) is 31.1 Å². The number of aromatic nitrogens is 2. The van der Waals surface area contributed by atoms with E-state index < -0.39 is 0 Å². The van der Waals surface area contributed by atoms with Crippen molar-refractivity contribution in [2.45, 2.75) is 64.8 Å². The first-order valence-corrected chi connectivity index (χ1v) is 11.4. The molecule has 1 aliphatic carbocycles. The topological polar surface area (TPSA) is 76.0 Å². The van der Waals surface area contributed by atoms with E-state index in [9.17, 15) is 9.59 Å². The lowest BCUT2D eigenvalue weighted by Gasteiger charge is -2.22. The molecule has 160 valence electrons. The van der Waals surface area contributed by atoms with Gasteiger partial charge in [0.2, 0.25) is 11.8 Å². The highest BCUT2D eigenvalue weighted by molar-refractivity contribution is 5.96. The molecule has 6 nitrogen and oxygen atoms in total. The number of hydrogen-bond acceptors (Lipinski definition) is 3. The molecule has 2 aliphatic rings. The molecule has 2 heterocycles. The molecule has 2 amide bonds. The van der Waals surface area contributed by atoms with Crippen LogP contribution in [0.1, 0.15) is 57.4 Å². The molecule has 2 N–H and O–H groups in total. The van der Waals surface area contributed by atoms with E-state index in [2.05, 4.69) is 46.5 Å². The molecular weight excluding hydrogens is 376 g/mol. The van der Waals surface area contributed by atoms with Crippen LogP contribution in [-0.4, -0.2) is 28.1 Å². The summed E-state index contributed by atoms with van der Waals surface area (Å²) in [5.41, 5.74) is 3.51. The van der Waals surface area contributed by atoms with Crippen molar-refractivity contribution in [3.63, 3.8) is 0 Å². The third-order valence-electron chi connectivity index (χ3n) is 6.30. The number of nitrogens with one attached hydrogen (secondary N) is 2. The molecule has 6 heteroatoms. The fraction of sp³-hybridized carbons (Fsp3) is 0.542. The summed E-state index contributed by atoms with van der Waals surface area (Å²) in [4.78, 5) is 24.0. The summed E-state index contributed by atoms with van der Waals surface area (Å²) < 4.78 is 2.08. The fourth-order valence-corrected chi connectivity index (χ4v) is 4.66. The Balaban J connectivity index is 1.58. The van der Waals surface area contributed by atoms with Gasteiger partial charge in [-0.3, -0.25) is 14.3 Å². The highest BCUT2D eigenvalue weighted by Gasteiger charge is 2.28. The number of amides is 2. The summed E-state index contributed by atoms with van der Waals surface area (Å²) in [7, 11) is 0. The number of nitrogens with zero attached hydrogens (tertiary/aromatic N) is 2. The Bertz CT molecular complexity index is 898. The van der Waals surface area contributed by atoms with Crippen LogP contribution in [0.4, 0.5) is 5.82 Å². The lowest BCUT2D eigenvalue weighted by atomic mass is 9.89. The van der Waals surface area contributed by atoms with Crippen molar-refractivity contribution in [1.82, 2.24) is 15.1 Å². The molecule has 2 fully saturated rings. The first-order valence-electron chi connectivity index (χ1n) is 11.4. The maximum Gasteiger partial charge on any atom is 0.230 e. The van der Waals surface area contributed by atoms with Crippen molar-refractivity contribution in [2.75, 3.05) is 11.9 Å². The maximum absolute atomic E-state index is 12.6. The van der Waals surface area contributed by atoms with Crippen LogP contribution in [0.25, 0.3) is 11.3 Å². The van der Waals surface area contributed by atoms with E-state index in [-0.39, 0.29) is 24.2 Å². The predicted molar refractivity (Wildman–Crippen MR) is 118 cm³/mol. The van der Waals surface area contributed by atoms with Gasteiger partial charge >= 0.3 is 0 Å². The molecule has 0 unspecified atom stereocenters. The average Bonchev–Trinajstić information content (AvgIpc) is 3.35. The van der Waals surface area contributed by atoms with Crippen LogP contribution >= 0.6 is 0 Å². The van der Waals surface area contributed by atoms with E-state index in [1.54, 1.807) is 0 Å². The number of aryl methyl sites for hydroxylation is 1. The summed E-state index contributed by atoms with van der Waals surface area (Å²) in [6, 6.07) is 10.6. The van der Waals surface area contributed by atoms with E-state index >= 15 is 0 Å². The molecule has 0 radical (unpaired) electrons. The van der Waals surface area contributed by atoms with Crippen LogP contribution in [0.2, 0.25) is 0 Å². The Morgan fingerprint density at radius 1 is 1.23 bits per heavy atom. The van der Waals surface area contributed by atoms with E-state index in [0.717, 1.165) is 30.6 Å². The number of benzene rings is 1. The van der Waals surface area contributed by atoms with Gasteiger partial charge in [0.1, 0.15) is 0 Å². The summed E-state index contributed by atoms with van der Waals surface area (Å²) >= 11 is 0. The summed E-state index contributed by atoms with van der Waals surface area (Å²) in [5.74, 6) is 0.688. The normalized spacial score (nSPS) is 19.6. The largest absolute Gasteiger partial charge is 0.355 e. The number of carbonyl (C=O) groups excluding carboxylic acids is 2. The van der Waals surface area contributed by atoms with Crippen molar-refractivity contribution in [3.05, 3.63) is 35.9 Å². The smallest absolute Gasteiger partial charge is 0.230 e. The first-order chi connectivity index (χ1) is 14.6. The highest BCUT2D eigenvalue weighted by atomic mass is 16.2. The van der Waals surface area contributed by atoms with E-state index in [4.69, 9.17) is 5.10 Å². The third-order valence-corrected chi connectivity index (χ3v) is 6.30. The minimum absolute atomic E-state index is 0.0635. The van der Waals surface area contributed by atoms with Crippen molar-refractivity contribution in [3.8, 4) is 11.3 Å². The van der Waals surface area contributed by atoms with Crippen molar-refractivity contribution in [2.24, 2.45) is 11.8 Å². The molecule has 30 heavy (non-hydrogen) atoms. The van der Waals surface area contributed by atoms with Gasteiger partial charge in [-0.05, 0) is 36.8 Å². The van der Waals surface area contributed by atoms with Crippen molar-refractivity contribution < 1.29 is 9.59 Å². The van der Waals surface area contributed by atoms with Gasteiger partial charge in [-0.2, -0.15) is 5.10 Å². The Morgan fingerprint density at radius 3 is 2.80 bits per heavy atom. The number of rotatable bonds is 7. The van der Waals surface area contributed by atoms with Gasteiger partial charge in [0.15, 0.2) is 5.82 Å². The van der Waals surface area contributed by atoms with Crippen LogP contribution in [0.3, 0.4) is 0 Å². The molecule has 1 saturated carbocycles. The Hall–Kier alpha value is -2.63. The molecule has 2 aromatic rings. The molecule has 1 aromatic carbocycles. The fourth-order valence-electron chi connectivity index (χ4n) is 4.66. The number of anilines is 1. The van der Waals surface area contributed by atoms with Gasteiger partial charge in [-0.15, -0.1) is 0 Å². The highest BCUT2D eigenvalue weighted by Crippen LogP contribution is 2.30. The Kier molecular flexibility index (Phi) is 6.50. The molecule has 4 rings (SSSR count). The molecule has 0 bridgehead atoms. The van der Waals surface area contributed by atoms with Gasteiger partial charge in [-0.1, -0.05) is 50.8 Å². The maximum atomic E-state index is 12.6. The first kappa shape index (κ1) is 20.6. The average molecular weight is 409 g/mol. The zero-order chi connectivity index (χ0) is 20.9. The van der Waals surface area contributed by atoms with Gasteiger partial charge in [-0.25, -0.2) is 0 Å². The minimum atomic E-state index is -0.322. The number of hydrogen-bond donors (Lipinski definition) is 2.